The van der Waals surface area contributed by atoms with Gasteiger partial charge in [-0.05, 0) is 55.7 Å². The average Bonchev–Trinajstić information content (AvgIpc) is 3.23. The van der Waals surface area contributed by atoms with Gasteiger partial charge in [0.25, 0.3) is 0 Å². The van der Waals surface area contributed by atoms with Crippen molar-refractivity contribution in [1.29, 1.82) is 0 Å². The van der Waals surface area contributed by atoms with Gasteiger partial charge in [-0.1, -0.05) is 29.8 Å². The fourth-order valence-electron chi connectivity index (χ4n) is 4.10. The van der Waals surface area contributed by atoms with Crippen LogP contribution in [0.2, 0.25) is 0 Å². The number of aliphatic imine (C=N–C) groups is 1. The van der Waals surface area contributed by atoms with E-state index < -0.39 is 0 Å². The van der Waals surface area contributed by atoms with Crippen molar-refractivity contribution in [3.8, 4) is 0 Å². The van der Waals surface area contributed by atoms with Gasteiger partial charge in [0.15, 0.2) is 0 Å². The molecule has 5 nitrogen and oxygen atoms in total. The quantitative estimate of drug-likeness (QED) is 0.885. The third-order valence-electron chi connectivity index (χ3n) is 5.77. The minimum absolute atomic E-state index is 0.388. The summed E-state index contributed by atoms with van der Waals surface area (Å²) < 4.78 is 0. The molecule has 1 unspecified atom stereocenters. The molecule has 5 rings (SSSR count). The molecule has 0 spiro atoms. The molecule has 5 heteroatoms. The van der Waals surface area contributed by atoms with Crippen molar-refractivity contribution in [2.45, 2.75) is 38.6 Å². The highest BCUT2D eigenvalue weighted by Crippen LogP contribution is 2.38. The van der Waals surface area contributed by atoms with Crippen molar-refractivity contribution in [3.63, 3.8) is 0 Å². The van der Waals surface area contributed by atoms with Crippen LogP contribution in [-0.4, -0.2) is 28.9 Å². The highest BCUT2D eigenvalue weighted by molar-refractivity contribution is 6.05. The van der Waals surface area contributed by atoms with E-state index in [2.05, 4.69) is 68.5 Å². The van der Waals surface area contributed by atoms with Gasteiger partial charge in [0, 0.05) is 12.6 Å². The summed E-state index contributed by atoms with van der Waals surface area (Å²) in [4.78, 5) is 16.0. The van der Waals surface area contributed by atoms with Crippen molar-refractivity contribution in [1.82, 2.24) is 9.97 Å². The van der Waals surface area contributed by atoms with Crippen LogP contribution in [0.25, 0.3) is 0 Å². The van der Waals surface area contributed by atoms with E-state index in [-0.39, 0.29) is 0 Å². The number of nitrogens with one attached hydrogen (secondary N) is 1. The summed E-state index contributed by atoms with van der Waals surface area (Å²) in [5.74, 6) is 3.51. The van der Waals surface area contributed by atoms with Crippen LogP contribution in [0.15, 0.2) is 53.3 Å². The van der Waals surface area contributed by atoms with Gasteiger partial charge in [0.2, 0.25) is 0 Å². The Morgan fingerprint density at radius 1 is 1.07 bits per heavy atom. The van der Waals surface area contributed by atoms with E-state index in [1.807, 2.05) is 0 Å². The maximum Gasteiger partial charge on any atom is 0.137 e. The molecule has 1 atom stereocenters. The molecule has 2 aromatic rings. The molecule has 0 amide bonds. The Bertz CT molecular complexity index is 895. The Morgan fingerprint density at radius 3 is 2.74 bits per heavy atom. The van der Waals surface area contributed by atoms with Gasteiger partial charge >= 0.3 is 0 Å². The Balaban J connectivity index is 1.34. The standard InChI is InChI=1S/C22H25N5/c1-15-4-6-17(7-5-15)19-3-2-10-27(19)22-12-21(24-14-25-22)26-20-11-18(13-23-20)16-8-9-16/h4-7,11-12,14,16,19H,2-3,8-10,13H2,1H3,(H,23,24,25,26). The zero-order valence-corrected chi connectivity index (χ0v) is 15.7. The van der Waals surface area contributed by atoms with E-state index in [1.54, 1.807) is 6.33 Å². The second-order valence-corrected chi connectivity index (χ2v) is 7.84. The van der Waals surface area contributed by atoms with Crippen LogP contribution in [0.1, 0.15) is 42.9 Å². The maximum atomic E-state index is 4.61. The molecule has 1 aromatic heterocycles. The van der Waals surface area contributed by atoms with Gasteiger partial charge in [-0.25, -0.2) is 9.97 Å². The second-order valence-electron chi connectivity index (χ2n) is 7.84. The van der Waals surface area contributed by atoms with Gasteiger partial charge < -0.3 is 10.2 Å². The molecule has 0 bridgehead atoms. The largest absolute Gasteiger partial charge is 0.349 e. The molecular weight excluding hydrogens is 334 g/mol. The van der Waals surface area contributed by atoms with E-state index in [0.717, 1.165) is 42.9 Å². The third kappa shape index (κ3) is 3.46. The molecule has 1 saturated carbocycles. The van der Waals surface area contributed by atoms with Gasteiger partial charge in [0.1, 0.15) is 23.8 Å². The van der Waals surface area contributed by atoms with Crippen molar-refractivity contribution >= 4 is 17.5 Å². The first-order valence-corrected chi connectivity index (χ1v) is 9.93. The van der Waals surface area contributed by atoms with Crippen LogP contribution in [-0.2, 0) is 0 Å². The minimum Gasteiger partial charge on any atom is -0.349 e. The number of hydrogen-bond donors (Lipinski definition) is 1. The summed E-state index contributed by atoms with van der Waals surface area (Å²) in [6.45, 7) is 4.00. The number of amidine groups is 1. The molecule has 1 N–H and O–H groups in total. The van der Waals surface area contributed by atoms with E-state index in [1.165, 1.54) is 36.0 Å². The van der Waals surface area contributed by atoms with Crippen molar-refractivity contribution in [2.75, 3.05) is 23.3 Å². The maximum absolute atomic E-state index is 4.61. The van der Waals surface area contributed by atoms with Crippen LogP contribution >= 0.6 is 0 Å². The second kappa shape index (κ2) is 6.80. The third-order valence-corrected chi connectivity index (χ3v) is 5.77. The first-order valence-electron chi connectivity index (χ1n) is 9.93. The van der Waals surface area contributed by atoms with Crippen LogP contribution in [0.4, 0.5) is 11.6 Å². The van der Waals surface area contributed by atoms with E-state index in [0.29, 0.717) is 6.04 Å². The molecular formula is C22H25N5. The lowest BCUT2D eigenvalue weighted by Crippen LogP contribution is -2.24. The molecule has 3 aliphatic rings. The molecule has 1 aromatic carbocycles. The van der Waals surface area contributed by atoms with Crippen molar-refractivity contribution in [2.24, 2.45) is 10.9 Å². The first kappa shape index (κ1) is 16.5. The zero-order valence-electron chi connectivity index (χ0n) is 15.7. The van der Waals surface area contributed by atoms with Crippen LogP contribution in [0.3, 0.4) is 0 Å². The van der Waals surface area contributed by atoms with Gasteiger partial charge in [-0.15, -0.1) is 0 Å². The number of aromatic nitrogens is 2. The minimum atomic E-state index is 0.388. The normalized spacial score (nSPS) is 22.0. The number of anilines is 2. The average molecular weight is 359 g/mol. The van der Waals surface area contributed by atoms with E-state index in [4.69, 9.17) is 0 Å². The first-order chi connectivity index (χ1) is 13.3. The number of aryl methyl sites for hydroxylation is 1. The SMILES string of the molecule is Cc1ccc(C2CCCN2c2cc(NC3=NCC(C4CC4)=C3)ncn2)cc1. The lowest BCUT2D eigenvalue weighted by atomic mass is 10.0. The molecule has 2 aliphatic heterocycles. The summed E-state index contributed by atoms with van der Waals surface area (Å²) >= 11 is 0. The number of rotatable bonds is 4. The van der Waals surface area contributed by atoms with E-state index >= 15 is 0 Å². The topological polar surface area (TPSA) is 53.4 Å². The highest BCUT2D eigenvalue weighted by atomic mass is 15.2. The predicted molar refractivity (Wildman–Crippen MR) is 109 cm³/mol. The molecule has 138 valence electrons. The van der Waals surface area contributed by atoms with Crippen LogP contribution in [0, 0.1) is 12.8 Å². The van der Waals surface area contributed by atoms with Crippen LogP contribution in [0.5, 0.6) is 0 Å². The Labute approximate surface area is 160 Å². The number of hydrogen-bond acceptors (Lipinski definition) is 5. The summed E-state index contributed by atoms with van der Waals surface area (Å²) in [5.41, 5.74) is 4.13. The Hall–Kier alpha value is -2.69. The lowest BCUT2D eigenvalue weighted by Gasteiger charge is -2.26. The number of benzene rings is 1. The van der Waals surface area contributed by atoms with Crippen molar-refractivity contribution in [3.05, 3.63) is 59.4 Å². The zero-order chi connectivity index (χ0) is 18.2. The smallest absolute Gasteiger partial charge is 0.137 e. The van der Waals surface area contributed by atoms with Crippen LogP contribution < -0.4 is 10.2 Å². The highest BCUT2D eigenvalue weighted by Gasteiger charge is 2.29. The lowest BCUT2D eigenvalue weighted by molar-refractivity contribution is 0.710. The summed E-state index contributed by atoms with van der Waals surface area (Å²) in [6.07, 6.45) is 8.85. The molecule has 2 fully saturated rings. The summed E-state index contributed by atoms with van der Waals surface area (Å²) in [5, 5.41) is 3.38. The molecule has 0 radical (unpaired) electrons. The van der Waals surface area contributed by atoms with Crippen molar-refractivity contribution < 1.29 is 0 Å². The molecule has 1 saturated heterocycles. The fraction of sp³-hybridized carbons (Fsp3) is 0.409. The monoisotopic (exact) mass is 359 g/mol. The Morgan fingerprint density at radius 2 is 1.93 bits per heavy atom. The summed E-state index contributed by atoms with van der Waals surface area (Å²) in [7, 11) is 0. The molecule has 1 aliphatic carbocycles. The molecule has 27 heavy (non-hydrogen) atoms. The number of nitrogens with zero attached hydrogens (tertiary/aromatic N) is 4. The van der Waals surface area contributed by atoms with E-state index in [9.17, 15) is 0 Å². The van der Waals surface area contributed by atoms with Gasteiger partial charge in [0.05, 0.1) is 12.6 Å². The van der Waals surface area contributed by atoms with Gasteiger partial charge in [-0.3, -0.25) is 4.99 Å². The van der Waals surface area contributed by atoms with Gasteiger partial charge in [-0.2, -0.15) is 0 Å². The Kier molecular flexibility index (Phi) is 4.15. The predicted octanol–water partition coefficient (Wildman–Crippen LogP) is 4.29. The molecule has 3 heterocycles. The summed E-state index contributed by atoms with van der Waals surface area (Å²) in [6, 6.07) is 11.3. The fourth-order valence-corrected chi connectivity index (χ4v) is 4.10.